The van der Waals surface area contributed by atoms with Crippen LogP contribution in [0.5, 0.6) is 0 Å². The van der Waals surface area contributed by atoms with E-state index in [9.17, 15) is 5.26 Å². The van der Waals surface area contributed by atoms with Gasteiger partial charge in [-0.1, -0.05) is 31.0 Å². The van der Waals surface area contributed by atoms with Crippen molar-refractivity contribution in [1.82, 2.24) is 9.88 Å². The molecule has 25 heavy (non-hydrogen) atoms. The zero-order valence-electron chi connectivity index (χ0n) is 14.8. The highest BCUT2D eigenvalue weighted by Crippen LogP contribution is 2.30. The highest BCUT2D eigenvalue weighted by Gasteiger charge is 2.27. The number of likely N-dealkylation sites (tertiary alicyclic amines) is 1. The summed E-state index contributed by atoms with van der Waals surface area (Å²) in [7, 11) is 0. The molecule has 0 N–H and O–H groups in total. The largest absolute Gasteiger partial charge is 0.369 e. The molecule has 2 saturated heterocycles. The van der Waals surface area contributed by atoms with Crippen LogP contribution in [-0.2, 0) is 0 Å². The number of hydrogen-bond donors (Lipinski definition) is 0. The molecule has 2 fully saturated rings. The molecule has 1 aromatic heterocycles. The Morgan fingerprint density at radius 2 is 1.80 bits per heavy atom. The van der Waals surface area contributed by atoms with E-state index in [0.29, 0.717) is 11.7 Å². The second kappa shape index (κ2) is 7.41. The number of anilines is 1. The average Bonchev–Trinajstić information content (AvgIpc) is 2.97. The maximum Gasteiger partial charge on any atom is 0.143 e. The van der Waals surface area contributed by atoms with Crippen LogP contribution in [0, 0.1) is 11.3 Å². The molecule has 0 aliphatic carbocycles. The number of fused-ring (bicyclic) bond motifs is 1. The van der Waals surface area contributed by atoms with Gasteiger partial charge in [0.25, 0.3) is 0 Å². The molecule has 130 valence electrons. The highest BCUT2D eigenvalue weighted by atomic mass is 15.2. The third kappa shape index (κ3) is 3.48. The lowest BCUT2D eigenvalue weighted by atomic mass is 10.0. The number of benzene rings is 1. The van der Waals surface area contributed by atoms with Crippen LogP contribution in [0.15, 0.2) is 30.3 Å². The molecule has 1 aromatic carbocycles. The monoisotopic (exact) mass is 334 g/mol. The van der Waals surface area contributed by atoms with Crippen LogP contribution >= 0.6 is 0 Å². The van der Waals surface area contributed by atoms with E-state index in [1.165, 1.54) is 57.3 Å². The number of hydrogen-bond acceptors (Lipinski definition) is 4. The van der Waals surface area contributed by atoms with Gasteiger partial charge < -0.3 is 4.90 Å². The molecule has 0 bridgehead atoms. The Labute approximate surface area is 150 Å². The van der Waals surface area contributed by atoms with E-state index in [1.807, 2.05) is 18.2 Å². The lowest BCUT2D eigenvalue weighted by Gasteiger charge is -2.40. The van der Waals surface area contributed by atoms with E-state index in [1.54, 1.807) is 0 Å². The van der Waals surface area contributed by atoms with Crippen molar-refractivity contribution in [3.63, 3.8) is 0 Å². The van der Waals surface area contributed by atoms with Crippen molar-refractivity contribution in [1.29, 1.82) is 5.26 Å². The molecule has 0 spiro atoms. The molecule has 2 aliphatic rings. The number of pyridine rings is 1. The van der Waals surface area contributed by atoms with Crippen LogP contribution in [0.2, 0.25) is 0 Å². The molecular weight excluding hydrogens is 308 g/mol. The van der Waals surface area contributed by atoms with Gasteiger partial charge in [0.15, 0.2) is 0 Å². The minimum Gasteiger partial charge on any atom is -0.369 e. The van der Waals surface area contributed by atoms with Crippen LogP contribution in [0.1, 0.15) is 44.2 Å². The molecule has 0 saturated carbocycles. The number of aromatic nitrogens is 1. The predicted octanol–water partition coefficient (Wildman–Crippen LogP) is 3.95. The molecule has 1 atom stereocenters. The minimum atomic E-state index is 0.519. The second-order valence-corrected chi connectivity index (χ2v) is 7.35. The Morgan fingerprint density at radius 1 is 1.00 bits per heavy atom. The van der Waals surface area contributed by atoms with E-state index in [4.69, 9.17) is 0 Å². The maximum atomic E-state index is 9.37. The highest BCUT2D eigenvalue weighted by molar-refractivity contribution is 5.92. The Bertz CT molecular complexity index is 771. The van der Waals surface area contributed by atoms with Gasteiger partial charge in [-0.05, 0) is 50.9 Å². The normalized spacial score (nSPS) is 22.5. The van der Waals surface area contributed by atoms with Crippen LogP contribution in [0.25, 0.3) is 10.9 Å². The van der Waals surface area contributed by atoms with Gasteiger partial charge in [-0.2, -0.15) is 5.26 Å². The van der Waals surface area contributed by atoms with Crippen LogP contribution in [0.4, 0.5) is 5.69 Å². The Morgan fingerprint density at radius 3 is 2.60 bits per heavy atom. The molecule has 2 aliphatic heterocycles. The van der Waals surface area contributed by atoms with Crippen LogP contribution in [-0.4, -0.2) is 42.1 Å². The minimum absolute atomic E-state index is 0.519. The molecule has 0 amide bonds. The number of nitriles is 1. The lowest BCUT2D eigenvalue weighted by Crippen LogP contribution is -2.48. The third-order valence-electron chi connectivity index (χ3n) is 5.70. The van der Waals surface area contributed by atoms with Gasteiger partial charge in [-0.3, -0.25) is 4.90 Å². The van der Waals surface area contributed by atoms with Crippen molar-refractivity contribution in [2.45, 2.75) is 44.6 Å². The number of para-hydroxylation sites is 1. The van der Waals surface area contributed by atoms with E-state index >= 15 is 0 Å². The Kier molecular flexibility index (Phi) is 4.85. The summed E-state index contributed by atoms with van der Waals surface area (Å²) in [6, 6.07) is 13.1. The lowest BCUT2D eigenvalue weighted by molar-refractivity contribution is 0.182. The first-order valence-electron chi connectivity index (χ1n) is 9.64. The molecule has 4 heteroatoms. The molecule has 2 aromatic rings. The van der Waals surface area contributed by atoms with Gasteiger partial charge in [0, 0.05) is 30.2 Å². The van der Waals surface area contributed by atoms with Gasteiger partial charge in [0.05, 0.1) is 5.52 Å². The fourth-order valence-electron chi connectivity index (χ4n) is 4.41. The fraction of sp³-hybridized carbons (Fsp3) is 0.524. The van der Waals surface area contributed by atoms with Crippen molar-refractivity contribution < 1.29 is 0 Å². The molecule has 3 heterocycles. The smallest absolute Gasteiger partial charge is 0.143 e. The molecule has 0 radical (unpaired) electrons. The van der Waals surface area contributed by atoms with Gasteiger partial charge in [0.1, 0.15) is 11.8 Å². The third-order valence-corrected chi connectivity index (χ3v) is 5.70. The molecule has 4 rings (SSSR count). The number of nitrogens with zero attached hydrogens (tertiary/aromatic N) is 4. The van der Waals surface area contributed by atoms with Crippen LogP contribution in [0.3, 0.4) is 0 Å². The van der Waals surface area contributed by atoms with Gasteiger partial charge in [-0.25, -0.2) is 4.98 Å². The first kappa shape index (κ1) is 16.4. The average molecular weight is 334 g/mol. The maximum absolute atomic E-state index is 9.37. The summed E-state index contributed by atoms with van der Waals surface area (Å²) in [6.07, 6.45) is 7.96. The zero-order chi connectivity index (χ0) is 17.1. The summed E-state index contributed by atoms with van der Waals surface area (Å²) in [4.78, 5) is 9.68. The van der Waals surface area contributed by atoms with E-state index < -0.39 is 0 Å². The van der Waals surface area contributed by atoms with Crippen molar-refractivity contribution in [3.8, 4) is 6.07 Å². The first-order chi connectivity index (χ1) is 12.3. The summed E-state index contributed by atoms with van der Waals surface area (Å²) in [6.45, 7) is 4.64. The van der Waals surface area contributed by atoms with E-state index in [0.717, 1.165) is 24.0 Å². The topological polar surface area (TPSA) is 43.2 Å². The van der Waals surface area contributed by atoms with Crippen molar-refractivity contribution >= 4 is 16.6 Å². The summed E-state index contributed by atoms with van der Waals surface area (Å²) >= 11 is 0. The van der Waals surface area contributed by atoms with Gasteiger partial charge >= 0.3 is 0 Å². The summed E-state index contributed by atoms with van der Waals surface area (Å²) in [5.74, 6) is 0. The van der Waals surface area contributed by atoms with Crippen LogP contribution < -0.4 is 4.90 Å². The Hall–Kier alpha value is -2.12. The standard InChI is InChI=1S/C21H26N4/c22-15-17-14-21(19-9-3-4-10-20(19)23-17)25-13-7-8-18(16-25)24-11-5-1-2-6-12-24/h3-4,9-10,14,18H,1-2,5-8,11-13,16H2. The molecule has 1 unspecified atom stereocenters. The summed E-state index contributed by atoms with van der Waals surface area (Å²) in [5, 5.41) is 10.5. The predicted molar refractivity (Wildman–Crippen MR) is 102 cm³/mol. The summed E-state index contributed by atoms with van der Waals surface area (Å²) in [5.41, 5.74) is 2.63. The zero-order valence-corrected chi connectivity index (χ0v) is 14.8. The van der Waals surface area contributed by atoms with Crippen molar-refractivity contribution in [2.75, 3.05) is 31.1 Å². The summed E-state index contributed by atoms with van der Waals surface area (Å²) < 4.78 is 0. The SMILES string of the molecule is N#Cc1cc(N2CCCC(N3CCCCCC3)C2)c2ccccc2n1. The Balaban J connectivity index is 1.63. The van der Waals surface area contributed by atoms with Gasteiger partial charge in [-0.15, -0.1) is 0 Å². The quantitative estimate of drug-likeness (QED) is 0.834. The number of piperidine rings is 1. The first-order valence-corrected chi connectivity index (χ1v) is 9.64. The van der Waals surface area contributed by atoms with Crippen molar-refractivity contribution in [2.24, 2.45) is 0 Å². The van der Waals surface area contributed by atoms with E-state index in [2.05, 4.69) is 33.0 Å². The molecular formula is C21H26N4. The second-order valence-electron chi connectivity index (χ2n) is 7.35. The number of rotatable bonds is 2. The van der Waals surface area contributed by atoms with Gasteiger partial charge in [0.2, 0.25) is 0 Å². The van der Waals surface area contributed by atoms with Crippen molar-refractivity contribution in [3.05, 3.63) is 36.0 Å². The fourth-order valence-corrected chi connectivity index (χ4v) is 4.41. The molecule has 4 nitrogen and oxygen atoms in total. The van der Waals surface area contributed by atoms with E-state index in [-0.39, 0.29) is 0 Å².